The standard InChI is InChI=1S/C19H20O4S2/c1-13-16(24-10-6-14-4-2-8-22-14)12-17(19(21)18(13)20)25-11-7-15-5-3-9-23-15/h2-5,8-9,12,20-21H,6-7,10-11H2,1H3. The van der Waals surface area contributed by atoms with E-state index in [2.05, 4.69) is 0 Å². The van der Waals surface area contributed by atoms with Gasteiger partial charge in [-0.3, -0.25) is 0 Å². The first-order chi connectivity index (χ1) is 12.1. The van der Waals surface area contributed by atoms with Crippen LogP contribution in [-0.4, -0.2) is 21.7 Å². The molecular weight excluding hydrogens is 356 g/mol. The molecule has 0 atom stereocenters. The molecule has 0 saturated carbocycles. The van der Waals surface area contributed by atoms with Crippen molar-refractivity contribution in [2.75, 3.05) is 11.5 Å². The van der Waals surface area contributed by atoms with Crippen LogP contribution in [0.4, 0.5) is 0 Å². The molecule has 2 aromatic heterocycles. The van der Waals surface area contributed by atoms with Crippen molar-refractivity contribution in [2.45, 2.75) is 29.6 Å². The monoisotopic (exact) mass is 376 g/mol. The Morgan fingerprint density at radius 2 is 1.40 bits per heavy atom. The van der Waals surface area contributed by atoms with Gasteiger partial charge in [0.2, 0.25) is 0 Å². The zero-order chi connectivity index (χ0) is 17.6. The SMILES string of the molecule is Cc1c(SCCc2ccco2)cc(SCCc2ccco2)c(O)c1O. The molecule has 0 aliphatic rings. The van der Waals surface area contributed by atoms with Crippen LogP contribution in [0.3, 0.4) is 0 Å². The molecule has 0 fully saturated rings. The summed E-state index contributed by atoms with van der Waals surface area (Å²) < 4.78 is 10.7. The number of benzene rings is 1. The van der Waals surface area contributed by atoms with Gasteiger partial charge in [-0.05, 0) is 37.3 Å². The molecular formula is C19H20O4S2. The molecule has 0 aliphatic heterocycles. The van der Waals surface area contributed by atoms with Crippen LogP contribution in [0.1, 0.15) is 17.1 Å². The number of hydrogen-bond donors (Lipinski definition) is 2. The van der Waals surface area contributed by atoms with E-state index in [1.807, 2.05) is 37.3 Å². The van der Waals surface area contributed by atoms with Crippen LogP contribution < -0.4 is 0 Å². The number of aryl methyl sites for hydroxylation is 2. The molecule has 0 unspecified atom stereocenters. The summed E-state index contributed by atoms with van der Waals surface area (Å²) in [5.74, 6) is 3.38. The Kier molecular flexibility index (Phi) is 6.04. The Morgan fingerprint density at radius 1 is 0.840 bits per heavy atom. The molecule has 0 radical (unpaired) electrons. The largest absolute Gasteiger partial charge is 0.504 e. The van der Waals surface area contributed by atoms with Crippen molar-refractivity contribution in [1.82, 2.24) is 0 Å². The fourth-order valence-electron chi connectivity index (χ4n) is 2.40. The van der Waals surface area contributed by atoms with E-state index in [0.29, 0.717) is 10.5 Å². The van der Waals surface area contributed by atoms with Crippen molar-refractivity contribution in [3.8, 4) is 11.5 Å². The lowest BCUT2D eigenvalue weighted by molar-refractivity contribution is 0.390. The summed E-state index contributed by atoms with van der Waals surface area (Å²) in [6.45, 7) is 1.82. The Hall–Kier alpha value is -1.92. The third-order valence-electron chi connectivity index (χ3n) is 3.82. The molecule has 2 heterocycles. The van der Waals surface area contributed by atoms with E-state index in [1.54, 1.807) is 24.3 Å². The Bertz CT molecular complexity index is 731. The summed E-state index contributed by atoms with van der Waals surface area (Å²) in [5.41, 5.74) is 0.706. The molecule has 4 nitrogen and oxygen atoms in total. The fourth-order valence-corrected chi connectivity index (χ4v) is 4.47. The van der Waals surface area contributed by atoms with Gasteiger partial charge in [0.25, 0.3) is 0 Å². The predicted molar refractivity (Wildman–Crippen MR) is 101 cm³/mol. The van der Waals surface area contributed by atoms with Gasteiger partial charge in [-0.1, -0.05) is 0 Å². The van der Waals surface area contributed by atoms with Gasteiger partial charge in [0.05, 0.1) is 17.4 Å². The zero-order valence-electron chi connectivity index (χ0n) is 13.9. The van der Waals surface area contributed by atoms with E-state index in [1.165, 1.54) is 11.8 Å². The van der Waals surface area contributed by atoms with E-state index >= 15 is 0 Å². The van der Waals surface area contributed by atoms with Gasteiger partial charge in [-0.15, -0.1) is 23.5 Å². The first kappa shape index (κ1) is 17.9. The van der Waals surface area contributed by atoms with Crippen LogP contribution in [0.2, 0.25) is 0 Å². The predicted octanol–water partition coefficient (Wildman–Crippen LogP) is 5.26. The molecule has 1 aromatic carbocycles. The molecule has 3 aromatic rings. The topological polar surface area (TPSA) is 66.7 Å². The van der Waals surface area contributed by atoms with Crippen molar-refractivity contribution < 1.29 is 19.0 Å². The van der Waals surface area contributed by atoms with Crippen molar-refractivity contribution >= 4 is 23.5 Å². The second-order valence-electron chi connectivity index (χ2n) is 5.55. The highest BCUT2D eigenvalue weighted by molar-refractivity contribution is 8.00. The summed E-state index contributed by atoms with van der Waals surface area (Å²) >= 11 is 3.16. The van der Waals surface area contributed by atoms with E-state index in [9.17, 15) is 10.2 Å². The highest BCUT2D eigenvalue weighted by Crippen LogP contribution is 2.43. The fraction of sp³-hybridized carbons (Fsp3) is 0.263. The third kappa shape index (κ3) is 4.58. The average Bonchev–Trinajstić information content (AvgIpc) is 3.30. The molecule has 3 rings (SSSR count). The Balaban J connectivity index is 1.64. The van der Waals surface area contributed by atoms with E-state index < -0.39 is 0 Å². The first-order valence-electron chi connectivity index (χ1n) is 8.01. The number of furan rings is 2. The van der Waals surface area contributed by atoms with Crippen molar-refractivity contribution in [2.24, 2.45) is 0 Å². The van der Waals surface area contributed by atoms with E-state index in [0.717, 1.165) is 40.8 Å². The maximum absolute atomic E-state index is 10.2. The third-order valence-corrected chi connectivity index (χ3v) is 5.99. The van der Waals surface area contributed by atoms with Crippen LogP contribution in [0.5, 0.6) is 11.5 Å². The van der Waals surface area contributed by atoms with Crippen LogP contribution in [0, 0.1) is 6.92 Å². The lowest BCUT2D eigenvalue weighted by Gasteiger charge is -2.13. The minimum Gasteiger partial charge on any atom is -0.504 e. The van der Waals surface area contributed by atoms with E-state index in [4.69, 9.17) is 8.83 Å². The quantitative estimate of drug-likeness (QED) is 0.413. The van der Waals surface area contributed by atoms with Crippen LogP contribution >= 0.6 is 23.5 Å². The minimum absolute atomic E-state index is 0.0384. The van der Waals surface area contributed by atoms with Gasteiger partial charge in [0.15, 0.2) is 11.5 Å². The average molecular weight is 376 g/mol. The molecule has 0 saturated heterocycles. The van der Waals surface area contributed by atoms with Crippen LogP contribution in [-0.2, 0) is 12.8 Å². The highest BCUT2D eigenvalue weighted by atomic mass is 32.2. The summed E-state index contributed by atoms with van der Waals surface area (Å²) in [5, 5.41) is 20.4. The smallest absolute Gasteiger partial charge is 0.171 e. The molecule has 132 valence electrons. The number of aromatic hydroxyl groups is 2. The van der Waals surface area contributed by atoms with Gasteiger partial charge in [0.1, 0.15) is 11.5 Å². The lowest BCUT2D eigenvalue weighted by atomic mass is 10.2. The summed E-state index contributed by atoms with van der Waals surface area (Å²) in [6.07, 6.45) is 4.92. The molecule has 0 spiro atoms. The van der Waals surface area contributed by atoms with Gasteiger partial charge in [0, 0.05) is 34.8 Å². The molecule has 6 heteroatoms. The zero-order valence-corrected chi connectivity index (χ0v) is 15.5. The second-order valence-corrected chi connectivity index (χ2v) is 7.82. The Morgan fingerprint density at radius 3 is 1.92 bits per heavy atom. The van der Waals surface area contributed by atoms with Crippen molar-refractivity contribution in [1.29, 1.82) is 0 Å². The van der Waals surface area contributed by atoms with Crippen LogP contribution in [0.15, 0.2) is 61.5 Å². The van der Waals surface area contributed by atoms with Crippen LogP contribution in [0.25, 0.3) is 0 Å². The number of thioether (sulfide) groups is 2. The van der Waals surface area contributed by atoms with Gasteiger partial charge >= 0.3 is 0 Å². The summed E-state index contributed by atoms with van der Waals surface area (Å²) in [6, 6.07) is 9.58. The summed E-state index contributed by atoms with van der Waals surface area (Å²) in [4.78, 5) is 1.66. The van der Waals surface area contributed by atoms with Gasteiger partial charge < -0.3 is 19.0 Å². The molecule has 0 aliphatic carbocycles. The summed E-state index contributed by atoms with van der Waals surface area (Å²) in [7, 11) is 0. The lowest BCUT2D eigenvalue weighted by Crippen LogP contribution is -1.91. The van der Waals surface area contributed by atoms with Gasteiger partial charge in [-0.25, -0.2) is 0 Å². The normalized spacial score (nSPS) is 11.1. The first-order valence-corrected chi connectivity index (χ1v) is 9.98. The molecule has 25 heavy (non-hydrogen) atoms. The maximum Gasteiger partial charge on any atom is 0.171 e. The van der Waals surface area contributed by atoms with Crippen molar-refractivity contribution in [3.05, 3.63) is 59.9 Å². The number of phenolic OH excluding ortho intramolecular Hbond substituents is 2. The van der Waals surface area contributed by atoms with E-state index in [-0.39, 0.29) is 11.5 Å². The highest BCUT2D eigenvalue weighted by Gasteiger charge is 2.15. The van der Waals surface area contributed by atoms with Crippen molar-refractivity contribution in [3.63, 3.8) is 0 Å². The minimum atomic E-state index is -0.0441. The Labute approximate surface area is 155 Å². The molecule has 0 bridgehead atoms. The molecule has 0 amide bonds. The number of rotatable bonds is 8. The molecule has 2 N–H and O–H groups in total. The second kappa shape index (κ2) is 8.45. The maximum atomic E-state index is 10.2. The number of phenols is 2. The van der Waals surface area contributed by atoms with Gasteiger partial charge in [-0.2, -0.15) is 0 Å². The number of hydrogen-bond acceptors (Lipinski definition) is 6.